The quantitative estimate of drug-likeness (QED) is 0.740. The molecule has 0 radical (unpaired) electrons. The lowest BCUT2D eigenvalue weighted by Gasteiger charge is -2.16. The number of hydrogen-bond donors (Lipinski definition) is 2. The molecule has 2 amide bonds. The van der Waals surface area contributed by atoms with E-state index in [0.717, 1.165) is 12.8 Å². The Labute approximate surface area is 117 Å². The van der Waals surface area contributed by atoms with Crippen molar-refractivity contribution in [3.63, 3.8) is 0 Å². The van der Waals surface area contributed by atoms with Crippen molar-refractivity contribution >= 4 is 6.03 Å². The zero-order valence-electron chi connectivity index (χ0n) is 12.2. The fourth-order valence-corrected chi connectivity index (χ4v) is 3.33. The molecule has 0 saturated heterocycles. The van der Waals surface area contributed by atoms with Crippen LogP contribution < -0.4 is 10.6 Å². The highest BCUT2D eigenvalue weighted by atomic mass is 16.2. The van der Waals surface area contributed by atoms with Gasteiger partial charge in [0.15, 0.2) is 0 Å². The van der Waals surface area contributed by atoms with E-state index in [1.807, 2.05) is 6.20 Å². The molecule has 0 spiro atoms. The summed E-state index contributed by atoms with van der Waals surface area (Å²) in [6.07, 6.45) is 14.6. The Morgan fingerprint density at radius 2 is 1.53 bits per heavy atom. The molecule has 0 aliphatic heterocycles. The molecule has 0 heterocycles. The lowest BCUT2D eigenvalue weighted by molar-refractivity contribution is 0.238. The van der Waals surface area contributed by atoms with Crippen molar-refractivity contribution in [3.8, 4) is 0 Å². The summed E-state index contributed by atoms with van der Waals surface area (Å²) in [5, 5.41) is 6.03. The number of nitrogens with one attached hydrogen (secondary N) is 2. The molecule has 108 valence electrons. The average Bonchev–Trinajstić information content (AvgIpc) is 2.82. The van der Waals surface area contributed by atoms with Crippen LogP contribution in [0, 0.1) is 5.92 Å². The molecule has 0 aromatic carbocycles. The maximum absolute atomic E-state index is 11.9. The summed E-state index contributed by atoms with van der Waals surface area (Å²) in [7, 11) is 0. The summed E-state index contributed by atoms with van der Waals surface area (Å²) in [5.74, 6) is 0.693. The number of carbonyl (C=O) groups excluding carboxylic acids is 1. The average molecular weight is 264 g/mol. The van der Waals surface area contributed by atoms with Crippen molar-refractivity contribution in [1.29, 1.82) is 0 Å². The summed E-state index contributed by atoms with van der Waals surface area (Å²) < 4.78 is 0. The zero-order valence-corrected chi connectivity index (χ0v) is 12.2. The van der Waals surface area contributed by atoms with Gasteiger partial charge in [0.1, 0.15) is 0 Å². The molecule has 0 aromatic rings. The Kier molecular flexibility index (Phi) is 5.74. The minimum absolute atomic E-state index is 0.0238. The van der Waals surface area contributed by atoms with Crippen molar-refractivity contribution < 1.29 is 4.79 Å². The Hall–Kier alpha value is -0.990. The minimum Gasteiger partial charge on any atom is -0.335 e. The zero-order chi connectivity index (χ0) is 13.5. The molecular formula is C16H28N2O. The van der Waals surface area contributed by atoms with Gasteiger partial charge in [-0.15, -0.1) is 0 Å². The minimum atomic E-state index is -0.0238. The second kappa shape index (κ2) is 7.56. The van der Waals surface area contributed by atoms with Gasteiger partial charge in [-0.1, -0.05) is 44.1 Å². The molecule has 2 rings (SSSR count). The van der Waals surface area contributed by atoms with Crippen molar-refractivity contribution in [2.75, 3.05) is 0 Å². The van der Waals surface area contributed by atoms with Crippen LogP contribution in [0.5, 0.6) is 0 Å². The molecule has 0 aromatic heterocycles. The topological polar surface area (TPSA) is 41.1 Å². The molecule has 2 aliphatic carbocycles. The van der Waals surface area contributed by atoms with E-state index in [9.17, 15) is 4.79 Å². The molecule has 0 unspecified atom stereocenters. The van der Waals surface area contributed by atoms with E-state index < -0.39 is 0 Å². The second-order valence-corrected chi connectivity index (χ2v) is 6.18. The summed E-state index contributed by atoms with van der Waals surface area (Å²) in [5.41, 5.74) is 1.33. The molecule has 2 fully saturated rings. The standard InChI is InChI=1S/C16H28N2O/c1-13(14-8-6-7-9-14)12-17-16(19)18-15-10-4-2-3-5-11-15/h12,14-15H,2-11H2,1H3,(H2,17,18,19)/b13-12+. The molecule has 0 atom stereocenters. The van der Waals surface area contributed by atoms with Crippen molar-refractivity contribution in [2.45, 2.75) is 77.2 Å². The third-order valence-electron chi connectivity index (χ3n) is 4.62. The van der Waals surface area contributed by atoms with Crippen LogP contribution >= 0.6 is 0 Å². The van der Waals surface area contributed by atoms with Crippen molar-refractivity contribution in [2.24, 2.45) is 5.92 Å². The first-order chi connectivity index (χ1) is 9.25. The van der Waals surface area contributed by atoms with E-state index in [0.29, 0.717) is 12.0 Å². The van der Waals surface area contributed by atoms with E-state index in [4.69, 9.17) is 0 Å². The first kappa shape index (κ1) is 14.4. The second-order valence-electron chi connectivity index (χ2n) is 6.18. The van der Waals surface area contributed by atoms with Gasteiger partial charge in [-0.25, -0.2) is 4.79 Å². The van der Waals surface area contributed by atoms with Gasteiger partial charge in [-0.2, -0.15) is 0 Å². The van der Waals surface area contributed by atoms with Gasteiger partial charge in [-0.05, 0) is 38.5 Å². The fourth-order valence-electron chi connectivity index (χ4n) is 3.33. The van der Waals surface area contributed by atoms with Crippen LogP contribution in [0.25, 0.3) is 0 Å². The largest absolute Gasteiger partial charge is 0.335 e. The summed E-state index contributed by atoms with van der Waals surface area (Å²) in [6, 6.07) is 0.354. The number of urea groups is 1. The van der Waals surface area contributed by atoms with Gasteiger partial charge in [-0.3, -0.25) is 0 Å². The number of rotatable bonds is 3. The molecule has 0 bridgehead atoms. The Morgan fingerprint density at radius 3 is 2.16 bits per heavy atom. The highest BCUT2D eigenvalue weighted by Gasteiger charge is 2.17. The molecule has 2 N–H and O–H groups in total. The van der Waals surface area contributed by atoms with Gasteiger partial charge >= 0.3 is 6.03 Å². The van der Waals surface area contributed by atoms with Gasteiger partial charge in [0.05, 0.1) is 0 Å². The van der Waals surface area contributed by atoms with Crippen LogP contribution in [0.2, 0.25) is 0 Å². The summed E-state index contributed by atoms with van der Waals surface area (Å²) in [6.45, 7) is 2.14. The maximum atomic E-state index is 11.9. The number of carbonyl (C=O) groups is 1. The highest BCUT2D eigenvalue weighted by molar-refractivity contribution is 5.75. The van der Waals surface area contributed by atoms with Crippen LogP contribution in [0.3, 0.4) is 0 Å². The summed E-state index contributed by atoms with van der Waals surface area (Å²) >= 11 is 0. The number of hydrogen-bond acceptors (Lipinski definition) is 1. The summed E-state index contributed by atoms with van der Waals surface area (Å²) in [4.78, 5) is 11.9. The monoisotopic (exact) mass is 264 g/mol. The molecular weight excluding hydrogens is 236 g/mol. The van der Waals surface area contributed by atoms with E-state index in [1.165, 1.54) is 56.9 Å². The van der Waals surface area contributed by atoms with Crippen LogP contribution in [0.1, 0.15) is 71.1 Å². The molecule has 2 aliphatic rings. The van der Waals surface area contributed by atoms with Crippen molar-refractivity contribution in [1.82, 2.24) is 10.6 Å². The lowest BCUT2D eigenvalue weighted by atomic mass is 10.0. The van der Waals surface area contributed by atoms with E-state index in [-0.39, 0.29) is 6.03 Å². The normalized spacial score (nSPS) is 23.1. The maximum Gasteiger partial charge on any atom is 0.318 e. The molecule has 2 saturated carbocycles. The number of amides is 2. The van der Waals surface area contributed by atoms with Gasteiger partial charge in [0.25, 0.3) is 0 Å². The Bertz CT molecular complexity index is 311. The van der Waals surface area contributed by atoms with Crippen LogP contribution in [-0.4, -0.2) is 12.1 Å². The fraction of sp³-hybridized carbons (Fsp3) is 0.812. The first-order valence-electron chi connectivity index (χ1n) is 7.99. The van der Waals surface area contributed by atoms with Gasteiger partial charge in [0.2, 0.25) is 0 Å². The predicted octanol–water partition coefficient (Wildman–Crippen LogP) is 4.10. The van der Waals surface area contributed by atoms with Crippen LogP contribution in [0.15, 0.2) is 11.8 Å². The highest BCUT2D eigenvalue weighted by Crippen LogP contribution is 2.30. The third kappa shape index (κ3) is 4.88. The SMILES string of the molecule is C/C(=C\NC(=O)NC1CCCCCC1)C1CCCC1. The van der Waals surface area contributed by atoms with Crippen LogP contribution in [-0.2, 0) is 0 Å². The Balaban J connectivity index is 1.72. The van der Waals surface area contributed by atoms with Gasteiger partial charge < -0.3 is 10.6 Å². The van der Waals surface area contributed by atoms with Crippen molar-refractivity contribution in [3.05, 3.63) is 11.8 Å². The first-order valence-corrected chi connectivity index (χ1v) is 7.99. The third-order valence-corrected chi connectivity index (χ3v) is 4.62. The molecule has 3 heteroatoms. The van der Waals surface area contributed by atoms with E-state index in [2.05, 4.69) is 17.6 Å². The Morgan fingerprint density at radius 1 is 0.947 bits per heavy atom. The number of allylic oxidation sites excluding steroid dienone is 1. The van der Waals surface area contributed by atoms with E-state index in [1.54, 1.807) is 0 Å². The smallest absolute Gasteiger partial charge is 0.318 e. The van der Waals surface area contributed by atoms with Gasteiger partial charge in [0, 0.05) is 12.2 Å². The van der Waals surface area contributed by atoms with E-state index >= 15 is 0 Å². The predicted molar refractivity (Wildman–Crippen MR) is 78.9 cm³/mol. The molecule has 3 nitrogen and oxygen atoms in total. The lowest BCUT2D eigenvalue weighted by Crippen LogP contribution is -2.40. The van der Waals surface area contributed by atoms with Crippen LogP contribution in [0.4, 0.5) is 4.79 Å². The molecule has 19 heavy (non-hydrogen) atoms.